The summed E-state index contributed by atoms with van der Waals surface area (Å²) in [5.41, 5.74) is 18.0. The first kappa shape index (κ1) is 38.6. The largest absolute Gasteiger partial charge is 0.456 e. The molecule has 5 heteroatoms. The van der Waals surface area contributed by atoms with E-state index in [-0.39, 0.29) is 5.41 Å². The molecule has 0 atom stereocenters. The minimum atomic E-state index is -0.125. The molecule has 0 radical (unpaired) electrons. The topological polar surface area (TPSA) is 48.7 Å². The molecule has 13 rings (SSSR count). The van der Waals surface area contributed by atoms with Crippen LogP contribution in [0.15, 0.2) is 212 Å². The third-order valence-electron chi connectivity index (χ3n) is 13.9. The summed E-state index contributed by atoms with van der Waals surface area (Å²) in [5, 5.41) is 12.2. The maximum atomic E-state index is 10.1. The average Bonchev–Trinajstić information content (AvgIpc) is 3.61. The van der Waals surface area contributed by atoms with Gasteiger partial charge in [0.25, 0.3) is 0 Å². The number of hydrogen-bond acceptors (Lipinski definition) is 5. The summed E-state index contributed by atoms with van der Waals surface area (Å²) >= 11 is 0. The van der Waals surface area contributed by atoms with Crippen molar-refractivity contribution in [1.82, 2.24) is 0 Å². The number of ether oxygens (including phenoxy) is 2. The molecule has 0 saturated carbocycles. The van der Waals surface area contributed by atoms with Crippen molar-refractivity contribution in [2.24, 2.45) is 0 Å². The molecule has 0 saturated heterocycles. The van der Waals surface area contributed by atoms with Crippen LogP contribution in [0.25, 0.3) is 55.3 Å². The van der Waals surface area contributed by atoms with Gasteiger partial charge in [-0.3, -0.25) is 0 Å². The lowest BCUT2D eigenvalue weighted by atomic mass is 9.82. The van der Waals surface area contributed by atoms with Gasteiger partial charge in [-0.15, -0.1) is 0 Å². The average molecular weight is 860 g/mol. The molecule has 0 spiro atoms. The highest BCUT2D eigenvalue weighted by molar-refractivity contribution is 6.14. The Morgan fingerprint density at radius 1 is 0.358 bits per heavy atom. The molecule has 0 amide bonds. The van der Waals surface area contributed by atoms with E-state index >= 15 is 0 Å². The van der Waals surface area contributed by atoms with Crippen LogP contribution < -0.4 is 19.3 Å². The molecule has 5 nitrogen and oxygen atoms in total. The molecule has 0 N–H and O–H groups in total. The normalized spacial score (nSPS) is 13.0. The van der Waals surface area contributed by atoms with Gasteiger partial charge >= 0.3 is 0 Å². The van der Waals surface area contributed by atoms with Crippen molar-refractivity contribution in [2.45, 2.75) is 19.3 Å². The first-order valence-corrected chi connectivity index (χ1v) is 22.7. The Morgan fingerprint density at radius 3 is 1.37 bits per heavy atom. The van der Waals surface area contributed by atoms with E-state index in [0.29, 0.717) is 5.56 Å². The highest BCUT2D eigenvalue weighted by Crippen LogP contribution is 2.57. The second kappa shape index (κ2) is 14.9. The molecular weight excluding hydrogens is 819 g/mol. The zero-order chi connectivity index (χ0) is 44.8. The molecule has 1 aliphatic carbocycles. The van der Waals surface area contributed by atoms with Crippen molar-refractivity contribution in [3.8, 4) is 73.6 Å². The van der Waals surface area contributed by atoms with Gasteiger partial charge in [-0.1, -0.05) is 111 Å². The standard InChI is InChI=1S/C62H41N3O2/c1-62(2)54-21-13-12-20-47(54)48-27-24-44(35-55(48)62)65(42-18-10-5-11-19-42)46-26-29-50-52-31-32-56-60-51(30-33-57(61(52)60)67-59(50)37-46)49-28-25-45(36-58(49)66-56)64(41-16-8-4-9-17-41)43-23-22-40(38-63)53(34-43)39-14-6-3-7-15-39/h3-37H,1-2H3. The molecule has 67 heavy (non-hydrogen) atoms. The summed E-state index contributed by atoms with van der Waals surface area (Å²) in [6.07, 6.45) is 0. The van der Waals surface area contributed by atoms with Crippen LogP contribution in [-0.2, 0) is 5.41 Å². The van der Waals surface area contributed by atoms with E-state index in [1.54, 1.807) is 0 Å². The van der Waals surface area contributed by atoms with Crippen LogP contribution in [0.5, 0.6) is 23.0 Å². The Hall–Kier alpha value is -8.85. The maximum absolute atomic E-state index is 10.1. The van der Waals surface area contributed by atoms with Gasteiger partial charge in [-0.25, -0.2) is 0 Å². The lowest BCUT2D eigenvalue weighted by Crippen LogP contribution is -2.16. The van der Waals surface area contributed by atoms with E-state index in [2.05, 4.69) is 181 Å². The van der Waals surface area contributed by atoms with Gasteiger partial charge in [-0.05, 0) is 142 Å². The van der Waals surface area contributed by atoms with Crippen molar-refractivity contribution in [3.63, 3.8) is 0 Å². The van der Waals surface area contributed by atoms with Crippen molar-refractivity contribution in [2.75, 3.05) is 9.80 Å². The van der Waals surface area contributed by atoms with Gasteiger partial charge < -0.3 is 19.3 Å². The molecule has 0 aromatic heterocycles. The Labute approximate surface area is 389 Å². The van der Waals surface area contributed by atoms with E-state index in [0.717, 1.165) is 101 Å². The van der Waals surface area contributed by atoms with Crippen LogP contribution >= 0.6 is 0 Å². The number of benzene rings is 10. The summed E-state index contributed by atoms with van der Waals surface area (Å²) < 4.78 is 13.8. The fraction of sp³-hybridized carbons (Fsp3) is 0.0484. The summed E-state index contributed by atoms with van der Waals surface area (Å²) in [5.74, 6) is 3.17. The molecule has 3 aliphatic rings. The fourth-order valence-corrected chi connectivity index (χ4v) is 10.7. The van der Waals surface area contributed by atoms with Crippen molar-refractivity contribution in [3.05, 3.63) is 229 Å². The Kier molecular flexibility index (Phi) is 8.55. The summed E-state index contributed by atoms with van der Waals surface area (Å²) in [4.78, 5) is 4.55. The van der Waals surface area contributed by atoms with Crippen LogP contribution in [0.4, 0.5) is 34.1 Å². The maximum Gasteiger partial charge on any atom is 0.137 e. The quantitative estimate of drug-likeness (QED) is 0.160. The molecule has 316 valence electrons. The predicted molar refractivity (Wildman–Crippen MR) is 272 cm³/mol. The molecule has 0 bridgehead atoms. The Bertz CT molecular complexity index is 3690. The summed E-state index contributed by atoms with van der Waals surface area (Å²) in [7, 11) is 0. The molecule has 2 heterocycles. The number of para-hydroxylation sites is 2. The highest BCUT2D eigenvalue weighted by Gasteiger charge is 2.36. The van der Waals surface area contributed by atoms with Gasteiger partial charge in [-0.2, -0.15) is 5.26 Å². The van der Waals surface area contributed by atoms with E-state index in [1.165, 1.54) is 22.3 Å². The fourth-order valence-electron chi connectivity index (χ4n) is 10.7. The second-order valence-electron chi connectivity index (χ2n) is 18.0. The number of anilines is 6. The molecule has 0 fully saturated rings. The zero-order valence-electron chi connectivity index (χ0n) is 36.9. The van der Waals surface area contributed by atoms with Gasteiger partial charge in [0.1, 0.15) is 23.0 Å². The van der Waals surface area contributed by atoms with Crippen LogP contribution in [0.3, 0.4) is 0 Å². The third kappa shape index (κ3) is 6.00. The van der Waals surface area contributed by atoms with Crippen LogP contribution in [0.2, 0.25) is 0 Å². The monoisotopic (exact) mass is 859 g/mol. The summed E-state index contributed by atoms with van der Waals surface area (Å²) in [6.45, 7) is 4.66. The number of rotatable bonds is 7. The Balaban J connectivity index is 0.887. The first-order valence-electron chi connectivity index (χ1n) is 22.7. The molecule has 2 aliphatic heterocycles. The van der Waals surface area contributed by atoms with Crippen molar-refractivity contribution < 1.29 is 9.47 Å². The van der Waals surface area contributed by atoms with Gasteiger partial charge in [0.05, 0.1) is 11.6 Å². The van der Waals surface area contributed by atoms with E-state index in [9.17, 15) is 5.26 Å². The first-order chi connectivity index (χ1) is 32.9. The number of fused-ring (bicyclic) bond motifs is 7. The number of nitriles is 1. The van der Waals surface area contributed by atoms with E-state index in [1.807, 2.05) is 60.7 Å². The highest BCUT2D eigenvalue weighted by atomic mass is 16.5. The van der Waals surface area contributed by atoms with Gasteiger partial charge in [0.15, 0.2) is 0 Å². The molecule has 0 unspecified atom stereocenters. The van der Waals surface area contributed by atoms with E-state index in [4.69, 9.17) is 9.47 Å². The third-order valence-corrected chi connectivity index (χ3v) is 13.9. The van der Waals surface area contributed by atoms with Crippen LogP contribution in [-0.4, -0.2) is 0 Å². The van der Waals surface area contributed by atoms with Crippen LogP contribution in [0.1, 0.15) is 30.5 Å². The molecule has 10 aromatic rings. The van der Waals surface area contributed by atoms with Gasteiger partial charge in [0, 0.05) is 79.1 Å². The zero-order valence-corrected chi connectivity index (χ0v) is 36.9. The number of nitrogens with zero attached hydrogens (tertiary/aromatic N) is 3. The SMILES string of the molecule is CC1(C)c2ccccc2-c2ccc(N(c3ccccc3)c3ccc4c(c3)Oc3ccc5c6c(ccc-4c36)Oc3cc(N(c4ccccc4)c4ccc(C#N)c(-c6ccccc6)c4)ccc3-5)cc21. The second-order valence-corrected chi connectivity index (χ2v) is 18.0. The van der Waals surface area contributed by atoms with Crippen LogP contribution in [0, 0.1) is 11.3 Å². The minimum absolute atomic E-state index is 0.125. The minimum Gasteiger partial charge on any atom is -0.456 e. The Morgan fingerprint density at radius 2 is 0.806 bits per heavy atom. The lowest BCUT2D eigenvalue weighted by molar-refractivity contribution is 0.480. The number of hydrogen-bond donors (Lipinski definition) is 0. The smallest absolute Gasteiger partial charge is 0.137 e. The molecule has 10 aromatic carbocycles. The van der Waals surface area contributed by atoms with E-state index < -0.39 is 0 Å². The summed E-state index contributed by atoms with van der Waals surface area (Å²) in [6, 6.07) is 76.7. The van der Waals surface area contributed by atoms with Crippen molar-refractivity contribution in [1.29, 1.82) is 5.26 Å². The predicted octanol–water partition coefficient (Wildman–Crippen LogP) is 17.2. The molecular formula is C62H41N3O2. The van der Waals surface area contributed by atoms with Gasteiger partial charge in [0.2, 0.25) is 0 Å². The van der Waals surface area contributed by atoms with Crippen molar-refractivity contribution >= 4 is 44.9 Å². The lowest BCUT2D eigenvalue weighted by Gasteiger charge is -2.31.